The molecule has 1 heterocycles. The number of nitrogens with zero attached hydrogens (tertiary/aromatic N) is 2. The number of hydrogen-bond acceptors (Lipinski definition) is 6. The van der Waals surface area contributed by atoms with Crippen molar-refractivity contribution in [3.8, 4) is 11.5 Å². The van der Waals surface area contributed by atoms with Gasteiger partial charge in [-0.15, -0.1) is 0 Å². The SMILES string of the molecule is CCn1ccc(=O)nc1SCC(=O)NC(C)c1cc(OC)ccc1OC. The summed E-state index contributed by atoms with van der Waals surface area (Å²) in [6.45, 7) is 4.50. The van der Waals surface area contributed by atoms with Gasteiger partial charge in [0, 0.05) is 24.4 Å². The van der Waals surface area contributed by atoms with Crippen LogP contribution in [0.15, 0.2) is 40.4 Å². The molecular weight excluding hydrogens is 354 g/mol. The van der Waals surface area contributed by atoms with Gasteiger partial charge in [-0.3, -0.25) is 9.59 Å². The van der Waals surface area contributed by atoms with Crippen molar-refractivity contribution < 1.29 is 14.3 Å². The van der Waals surface area contributed by atoms with E-state index < -0.39 is 0 Å². The molecule has 1 aromatic heterocycles. The lowest BCUT2D eigenvalue weighted by Gasteiger charge is -2.18. The van der Waals surface area contributed by atoms with Gasteiger partial charge in [0.1, 0.15) is 11.5 Å². The molecule has 7 nitrogen and oxygen atoms in total. The van der Waals surface area contributed by atoms with Crippen LogP contribution in [-0.4, -0.2) is 35.4 Å². The van der Waals surface area contributed by atoms with Crippen molar-refractivity contribution in [2.24, 2.45) is 0 Å². The lowest BCUT2D eigenvalue weighted by atomic mass is 10.1. The molecule has 1 atom stereocenters. The monoisotopic (exact) mass is 377 g/mol. The van der Waals surface area contributed by atoms with Crippen molar-refractivity contribution in [3.05, 3.63) is 46.4 Å². The van der Waals surface area contributed by atoms with Gasteiger partial charge in [-0.1, -0.05) is 11.8 Å². The van der Waals surface area contributed by atoms with Crippen molar-refractivity contribution in [2.75, 3.05) is 20.0 Å². The highest BCUT2D eigenvalue weighted by Crippen LogP contribution is 2.29. The van der Waals surface area contributed by atoms with Crippen molar-refractivity contribution in [2.45, 2.75) is 31.6 Å². The zero-order valence-electron chi connectivity index (χ0n) is 15.3. The summed E-state index contributed by atoms with van der Waals surface area (Å²) in [5.41, 5.74) is 0.514. The van der Waals surface area contributed by atoms with Crippen LogP contribution in [0.4, 0.5) is 0 Å². The fourth-order valence-electron chi connectivity index (χ4n) is 2.44. The Hall–Kier alpha value is -2.48. The average Bonchev–Trinajstić information content (AvgIpc) is 2.65. The highest BCUT2D eigenvalue weighted by atomic mass is 32.2. The van der Waals surface area contributed by atoms with Gasteiger partial charge < -0.3 is 19.4 Å². The lowest BCUT2D eigenvalue weighted by Crippen LogP contribution is -2.28. The van der Waals surface area contributed by atoms with E-state index in [2.05, 4.69) is 10.3 Å². The molecule has 2 aromatic rings. The van der Waals surface area contributed by atoms with Crippen LogP contribution in [0.2, 0.25) is 0 Å². The first-order valence-corrected chi connectivity index (χ1v) is 9.18. The summed E-state index contributed by atoms with van der Waals surface area (Å²) < 4.78 is 12.4. The number of nitrogens with one attached hydrogen (secondary N) is 1. The van der Waals surface area contributed by atoms with Gasteiger partial charge in [0.2, 0.25) is 5.91 Å². The molecule has 0 aliphatic rings. The van der Waals surface area contributed by atoms with Crippen LogP contribution in [0.5, 0.6) is 11.5 Å². The average molecular weight is 377 g/mol. The first kappa shape index (κ1) is 19.8. The summed E-state index contributed by atoms with van der Waals surface area (Å²) in [5, 5.41) is 3.46. The van der Waals surface area contributed by atoms with E-state index in [0.717, 1.165) is 5.56 Å². The summed E-state index contributed by atoms with van der Waals surface area (Å²) in [6.07, 6.45) is 1.68. The van der Waals surface area contributed by atoms with Crippen LogP contribution in [0, 0.1) is 0 Å². The molecule has 8 heteroatoms. The summed E-state index contributed by atoms with van der Waals surface area (Å²) in [6, 6.07) is 6.59. The predicted octanol–water partition coefficient (Wildman–Crippen LogP) is 2.25. The molecule has 1 N–H and O–H groups in total. The van der Waals surface area contributed by atoms with Crippen molar-refractivity contribution in [1.29, 1.82) is 0 Å². The number of aromatic nitrogens is 2. The van der Waals surface area contributed by atoms with Gasteiger partial charge in [0.25, 0.3) is 5.56 Å². The zero-order chi connectivity index (χ0) is 19.1. The molecule has 0 saturated heterocycles. The number of benzene rings is 1. The van der Waals surface area contributed by atoms with Crippen LogP contribution < -0.4 is 20.3 Å². The second kappa shape index (κ2) is 9.28. The lowest BCUT2D eigenvalue weighted by molar-refractivity contribution is -0.119. The second-order valence-corrected chi connectivity index (χ2v) is 6.46. The minimum absolute atomic E-state index is 0.159. The number of carbonyl (C=O) groups excluding carboxylic acids is 1. The van der Waals surface area contributed by atoms with E-state index >= 15 is 0 Å². The van der Waals surface area contributed by atoms with Crippen LogP contribution in [0.1, 0.15) is 25.5 Å². The normalized spacial score (nSPS) is 11.7. The fourth-order valence-corrected chi connectivity index (χ4v) is 3.29. The molecule has 2 rings (SSSR count). The van der Waals surface area contributed by atoms with Crippen molar-refractivity contribution in [3.63, 3.8) is 0 Å². The Labute approximate surface area is 156 Å². The first-order chi connectivity index (χ1) is 12.5. The van der Waals surface area contributed by atoms with E-state index in [0.29, 0.717) is 23.2 Å². The number of carbonyl (C=O) groups is 1. The number of aryl methyl sites for hydroxylation is 1. The van der Waals surface area contributed by atoms with Crippen LogP contribution in [0.25, 0.3) is 0 Å². The fraction of sp³-hybridized carbons (Fsp3) is 0.389. The number of hydrogen-bond donors (Lipinski definition) is 1. The minimum Gasteiger partial charge on any atom is -0.497 e. The Kier molecular flexibility index (Phi) is 7.08. The minimum atomic E-state index is -0.313. The molecule has 0 aliphatic carbocycles. The molecule has 0 bridgehead atoms. The third kappa shape index (κ3) is 5.01. The molecule has 1 aromatic carbocycles. The Balaban J connectivity index is 2.04. The molecule has 26 heavy (non-hydrogen) atoms. The number of ether oxygens (including phenoxy) is 2. The summed E-state index contributed by atoms with van der Waals surface area (Å²) >= 11 is 1.23. The molecule has 0 saturated carbocycles. The van der Waals surface area contributed by atoms with Gasteiger partial charge in [-0.2, -0.15) is 4.98 Å². The van der Waals surface area contributed by atoms with E-state index in [-0.39, 0.29) is 23.3 Å². The van der Waals surface area contributed by atoms with Gasteiger partial charge in [0.05, 0.1) is 26.0 Å². The van der Waals surface area contributed by atoms with E-state index in [9.17, 15) is 9.59 Å². The second-order valence-electron chi connectivity index (χ2n) is 5.52. The number of rotatable bonds is 8. The quantitative estimate of drug-likeness (QED) is 0.561. The smallest absolute Gasteiger partial charge is 0.273 e. The molecule has 0 radical (unpaired) electrons. The van der Waals surface area contributed by atoms with E-state index in [1.807, 2.05) is 24.5 Å². The first-order valence-electron chi connectivity index (χ1n) is 8.20. The van der Waals surface area contributed by atoms with Crippen LogP contribution in [0.3, 0.4) is 0 Å². The Morgan fingerprint density at radius 3 is 2.73 bits per heavy atom. The Morgan fingerprint density at radius 2 is 2.08 bits per heavy atom. The zero-order valence-corrected chi connectivity index (χ0v) is 16.1. The summed E-state index contributed by atoms with van der Waals surface area (Å²) in [5.74, 6) is 1.37. The number of thioether (sulfide) groups is 1. The Bertz CT molecular complexity index is 822. The Morgan fingerprint density at radius 1 is 1.31 bits per heavy atom. The van der Waals surface area contributed by atoms with Gasteiger partial charge in [0.15, 0.2) is 5.16 Å². The van der Waals surface area contributed by atoms with Crippen molar-refractivity contribution in [1.82, 2.24) is 14.9 Å². The third-order valence-electron chi connectivity index (χ3n) is 3.80. The molecule has 0 spiro atoms. The largest absolute Gasteiger partial charge is 0.497 e. The van der Waals surface area contributed by atoms with E-state index in [4.69, 9.17) is 9.47 Å². The maximum atomic E-state index is 12.3. The highest BCUT2D eigenvalue weighted by molar-refractivity contribution is 7.99. The maximum absolute atomic E-state index is 12.3. The molecule has 0 aliphatic heterocycles. The summed E-state index contributed by atoms with van der Waals surface area (Å²) in [7, 11) is 3.17. The van der Waals surface area contributed by atoms with Gasteiger partial charge >= 0.3 is 0 Å². The molecule has 1 unspecified atom stereocenters. The standard InChI is InChI=1S/C18H23N3O4S/c1-5-21-9-8-16(22)20-18(21)26-11-17(23)19-12(2)14-10-13(24-3)6-7-15(14)25-4/h6-10,12H,5,11H2,1-4H3,(H,19,23). The van der Waals surface area contributed by atoms with E-state index in [1.165, 1.54) is 17.8 Å². The third-order valence-corrected chi connectivity index (χ3v) is 4.79. The predicted molar refractivity (Wildman–Crippen MR) is 101 cm³/mol. The molecule has 0 fully saturated rings. The molecular formula is C18H23N3O4S. The van der Waals surface area contributed by atoms with E-state index in [1.54, 1.807) is 32.5 Å². The van der Waals surface area contributed by atoms with Crippen LogP contribution in [-0.2, 0) is 11.3 Å². The molecule has 1 amide bonds. The maximum Gasteiger partial charge on any atom is 0.273 e. The molecule has 140 valence electrons. The van der Waals surface area contributed by atoms with Gasteiger partial charge in [-0.25, -0.2) is 0 Å². The summed E-state index contributed by atoms with van der Waals surface area (Å²) in [4.78, 5) is 27.7. The number of methoxy groups -OCH3 is 2. The highest BCUT2D eigenvalue weighted by Gasteiger charge is 2.16. The topological polar surface area (TPSA) is 82.5 Å². The van der Waals surface area contributed by atoms with Crippen molar-refractivity contribution >= 4 is 17.7 Å². The van der Waals surface area contributed by atoms with Crippen LogP contribution >= 0.6 is 11.8 Å². The van der Waals surface area contributed by atoms with Gasteiger partial charge in [-0.05, 0) is 32.0 Å². The number of amides is 1.